The minimum atomic E-state index is -1.39. The number of unbranched alkanes of at least 4 members (excludes halogenated alkanes) is 1. The quantitative estimate of drug-likeness (QED) is 0.442. The van der Waals surface area contributed by atoms with E-state index in [1.165, 1.54) is 0 Å². The molecule has 0 heterocycles. The smallest absolute Gasteiger partial charge is 0.359 e. The predicted molar refractivity (Wildman–Crippen MR) is 71.6 cm³/mol. The highest BCUT2D eigenvalue weighted by atomic mass is 32.4. The molecule has 17 heavy (non-hydrogen) atoms. The van der Waals surface area contributed by atoms with Crippen molar-refractivity contribution >= 4 is 24.7 Å². The third-order valence-corrected chi connectivity index (χ3v) is 4.38. The Morgan fingerprint density at radius 3 is 2.47 bits per heavy atom. The van der Waals surface area contributed by atoms with Gasteiger partial charge in [0.05, 0.1) is 0 Å². The van der Waals surface area contributed by atoms with Gasteiger partial charge in [-0.15, -0.1) is 4.52 Å². The van der Waals surface area contributed by atoms with Crippen LogP contribution in [-0.4, -0.2) is 29.1 Å². The molecule has 2 unspecified atom stereocenters. The highest BCUT2D eigenvalue weighted by Gasteiger charge is 2.38. The molecule has 0 saturated heterocycles. The van der Waals surface area contributed by atoms with Gasteiger partial charge in [0.1, 0.15) is 5.60 Å². The fraction of sp³-hybridized carbons (Fsp3) is 0.909. The zero-order valence-corrected chi connectivity index (χ0v) is 12.6. The summed E-state index contributed by atoms with van der Waals surface area (Å²) in [4.78, 5) is 11.9. The fourth-order valence-electron chi connectivity index (χ4n) is 1.22. The molecule has 4 nitrogen and oxygen atoms in total. The van der Waals surface area contributed by atoms with Crippen LogP contribution in [0.5, 0.6) is 0 Å². The average Bonchev–Trinajstić information content (AvgIpc) is 2.15. The summed E-state index contributed by atoms with van der Waals surface area (Å²) >= 11 is 5.12. The fourth-order valence-corrected chi connectivity index (χ4v) is 2.85. The van der Waals surface area contributed by atoms with Gasteiger partial charge in [0.2, 0.25) is 0 Å². The van der Waals surface area contributed by atoms with Gasteiger partial charge in [-0.1, -0.05) is 13.3 Å². The van der Waals surface area contributed by atoms with Crippen molar-refractivity contribution in [2.24, 2.45) is 0 Å². The number of hydrogen-bond acceptors (Lipinski definition) is 5. The topological polar surface area (TPSA) is 55.8 Å². The third kappa shape index (κ3) is 7.77. The lowest BCUT2D eigenvalue weighted by atomic mass is 10.1. The molecule has 0 bridgehead atoms. The second-order valence-electron chi connectivity index (χ2n) is 4.74. The zero-order chi connectivity index (χ0) is 13.5. The van der Waals surface area contributed by atoms with Crippen molar-refractivity contribution in [2.75, 3.05) is 6.79 Å². The molecular weight excluding hydrogens is 259 g/mol. The average molecular weight is 281 g/mol. The molecule has 0 aliphatic carbocycles. The van der Waals surface area contributed by atoms with Crippen LogP contribution < -0.4 is 0 Å². The van der Waals surface area contributed by atoms with Crippen molar-refractivity contribution in [3.63, 3.8) is 0 Å². The van der Waals surface area contributed by atoms with Crippen LogP contribution in [0.1, 0.15) is 47.0 Å². The Morgan fingerprint density at radius 2 is 2.06 bits per heavy atom. The van der Waals surface area contributed by atoms with Gasteiger partial charge in [-0.05, 0) is 27.2 Å². The van der Waals surface area contributed by atoms with E-state index in [2.05, 4.69) is 0 Å². The number of carbonyl (C=O) groups is 1. The van der Waals surface area contributed by atoms with E-state index in [0.717, 1.165) is 12.8 Å². The van der Waals surface area contributed by atoms with Gasteiger partial charge < -0.3 is 9.84 Å². The van der Waals surface area contributed by atoms with Crippen molar-refractivity contribution in [1.29, 1.82) is 0 Å². The van der Waals surface area contributed by atoms with E-state index >= 15 is 0 Å². The second kappa shape index (κ2) is 8.09. The summed E-state index contributed by atoms with van der Waals surface area (Å²) in [5, 5.41) is 8.70. The first-order chi connectivity index (χ1) is 7.81. The van der Waals surface area contributed by atoms with Crippen LogP contribution >= 0.6 is 6.92 Å². The SMILES string of the molecule is CCCCC(C(=O)OC(C)(C)C)[P+](=S)OCO. The molecule has 6 heteroatoms. The van der Waals surface area contributed by atoms with Crippen molar-refractivity contribution in [1.82, 2.24) is 0 Å². The standard InChI is InChI=1S/C11H22O4PS/c1-5-6-7-9(16(17)14-8-12)10(13)15-11(2,3)4/h9,12H,5-8H2,1-4H3/q+1. The molecule has 0 radical (unpaired) electrons. The molecule has 0 aliphatic rings. The molecule has 0 aliphatic heterocycles. The van der Waals surface area contributed by atoms with Crippen LogP contribution in [-0.2, 0) is 25.9 Å². The molecule has 2 atom stereocenters. The number of hydrogen-bond donors (Lipinski definition) is 1. The molecule has 0 saturated carbocycles. The first-order valence-electron chi connectivity index (χ1n) is 5.74. The number of esters is 1. The lowest BCUT2D eigenvalue weighted by molar-refractivity contribution is -0.154. The van der Waals surface area contributed by atoms with Crippen LogP contribution in [0.25, 0.3) is 0 Å². The predicted octanol–water partition coefficient (Wildman–Crippen LogP) is 2.71. The monoisotopic (exact) mass is 281 g/mol. The molecule has 0 spiro atoms. The van der Waals surface area contributed by atoms with Crippen LogP contribution in [0, 0.1) is 0 Å². The Morgan fingerprint density at radius 1 is 1.47 bits per heavy atom. The Bertz CT molecular complexity index is 263. The van der Waals surface area contributed by atoms with Gasteiger partial charge in [0, 0.05) is 6.42 Å². The summed E-state index contributed by atoms with van der Waals surface area (Å²) in [6, 6.07) is 0. The summed E-state index contributed by atoms with van der Waals surface area (Å²) in [7, 11) is 0. The lowest BCUT2D eigenvalue weighted by Gasteiger charge is -2.20. The molecule has 100 valence electrons. The van der Waals surface area contributed by atoms with E-state index in [9.17, 15) is 4.79 Å². The molecular formula is C11H22O4PS+. The van der Waals surface area contributed by atoms with Gasteiger partial charge in [-0.3, -0.25) is 0 Å². The van der Waals surface area contributed by atoms with Gasteiger partial charge in [0.15, 0.2) is 18.6 Å². The Labute approximate surface area is 109 Å². The Kier molecular flexibility index (Phi) is 8.05. The van der Waals surface area contributed by atoms with Crippen molar-refractivity contribution in [3.8, 4) is 0 Å². The molecule has 0 aromatic heterocycles. The lowest BCUT2D eigenvalue weighted by Crippen LogP contribution is -2.30. The summed E-state index contributed by atoms with van der Waals surface area (Å²) < 4.78 is 10.3. The maximum Gasteiger partial charge on any atom is 0.359 e. The van der Waals surface area contributed by atoms with Gasteiger partial charge in [0.25, 0.3) is 5.66 Å². The van der Waals surface area contributed by atoms with Gasteiger partial charge >= 0.3 is 12.9 Å². The second-order valence-corrected chi connectivity index (χ2v) is 7.27. The van der Waals surface area contributed by atoms with Gasteiger partial charge in [-0.25, -0.2) is 4.79 Å². The Balaban J connectivity index is 4.55. The molecule has 0 rings (SSSR count). The van der Waals surface area contributed by atoms with E-state index in [1.54, 1.807) is 0 Å². The van der Waals surface area contributed by atoms with Crippen LogP contribution in [0.15, 0.2) is 0 Å². The molecule has 1 N–H and O–H groups in total. The van der Waals surface area contributed by atoms with Crippen molar-refractivity contribution in [2.45, 2.75) is 58.2 Å². The minimum Gasteiger partial charge on any atom is -0.457 e. The number of aliphatic hydroxyl groups is 1. The summed E-state index contributed by atoms with van der Waals surface area (Å²) in [6.45, 7) is 5.67. The van der Waals surface area contributed by atoms with E-state index in [0.29, 0.717) is 6.42 Å². The first-order valence-corrected chi connectivity index (χ1v) is 8.09. The maximum atomic E-state index is 11.9. The van der Waals surface area contributed by atoms with Crippen LogP contribution in [0.3, 0.4) is 0 Å². The number of aliphatic hydroxyl groups excluding tert-OH is 1. The van der Waals surface area contributed by atoms with Gasteiger partial charge in [-0.2, -0.15) is 0 Å². The van der Waals surface area contributed by atoms with Crippen molar-refractivity contribution in [3.05, 3.63) is 0 Å². The summed E-state index contributed by atoms with van der Waals surface area (Å²) in [6.07, 6.45) is 2.53. The van der Waals surface area contributed by atoms with Crippen LogP contribution in [0.2, 0.25) is 0 Å². The summed E-state index contributed by atoms with van der Waals surface area (Å²) in [5.74, 6) is -0.319. The van der Waals surface area contributed by atoms with E-state index in [-0.39, 0.29) is 5.97 Å². The zero-order valence-electron chi connectivity index (χ0n) is 10.9. The molecule has 0 amide bonds. The highest BCUT2D eigenvalue weighted by Crippen LogP contribution is 2.34. The number of rotatable bonds is 7. The van der Waals surface area contributed by atoms with Crippen molar-refractivity contribution < 1.29 is 19.2 Å². The van der Waals surface area contributed by atoms with Crippen LogP contribution in [0.4, 0.5) is 0 Å². The highest BCUT2D eigenvalue weighted by molar-refractivity contribution is 8.03. The number of ether oxygens (including phenoxy) is 1. The minimum absolute atomic E-state index is 0.319. The molecule has 0 aromatic rings. The largest absolute Gasteiger partial charge is 0.457 e. The maximum absolute atomic E-state index is 11.9. The van der Waals surface area contributed by atoms with E-state index < -0.39 is 25.0 Å². The molecule has 0 aromatic carbocycles. The van der Waals surface area contributed by atoms with E-state index in [4.69, 9.17) is 26.2 Å². The molecule has 0 fully saturated rings. The normalized spacial score (nSPS) is 14.3. The Hall–Kier alpha value is -0.0900. The van der Waals surface area contributed by atoms with E-state index in [1.807, 2.05) is 27.7 Å². The first kappa shape index (κ1) is 16.9. The summed E-state index contributed by atoms with van der Waals surface area (Å²) in [5.41, 5.74) is -0.946. The number of carbonyl (C=O) groups excluding carboxylic acids is 1. The third-order valence-electron chi connectivity index (χ3n) is 1.95.